The molecule has 49 heavy (non-hydrogen) atoms. The average molecular weight is 676 g/mol. The molecule has 0 saturated carbocycles. The number of carbonyl (C=O) groups excluding carboxylic acids is 5. The van der Waals surface area contributed by atoms with E-state index in [4.69, 9.17) is 0 Å². The number of rotatable bonds is 6. The summed E-state index contributed by atoms with van der Waals surface area (Å²) in [5.41, 5.74) is 1.44. The van der Waals surface area contributed by atoms with E-state index in [0.717, 1.165) is 5.56 Å². The van der Waals surface area contributed by atoms with E-state index in [1.54, 1.807) is 42.5 Å². The highest BCUT2D eigenvalue weighted by atomic mass is 16.4. The lowest BCUT2D eigenvalue weighted by Gasteiger charge is -2.27. The number of nitrogens with one attached hydrogen (secondary N) is 4. The van der Waals surface area contributed by atoms with Crippen LogP contribution in [0.3, 0.4) is 0 Å². The topological polar surface area (TPSA) is 211 Å². The van der Waals surface area contributed by atoms with Crippen LogP contribution in [0.4, 0.5) is 0 Å². The molecule has 2 fully saturated rings. The molecule has 0 aliphatic carbocycles. The summed E-state index contributed by atoms with van der Waals surface area (Å²) in [7, 11) is 0. The molecule has 0 spiro atoms. The van der Waals surface area contributed by atoms with Crippen LogP contribution in [0.5, 0.6) is 0 Å². The quantitative estimate of drug-likeness (QED) is 0.256. The molecule has 2 aliphatic heterocycles. The van der Waals surface area contributed by atoms with E-state index >= 15 is 0 Å². The fourth-order valence-corrected chi connectivity index (χ4v) is 5.82. The van der Waals surface area contributed by atoms with Gasteiger partial charge in [-0.1, -0.05) is 79.7 Å². The Balaban J connectivity index is 1.70. The molecule has 6 atom stereocenters. The number of hydrogen-bond donors (Lipinski definition) is 6. The number of carboxylic acid groups (broad SMARTS) is 2. The van der Waals surface area contributed by atoms with Crippen molar-refractivity contribution in [1.82, 2.24) is 26.2 Å². The summed E-state index contributed by atoms with van der Waals surface area (Å²) in [6, 6.07) is 11.5. The van der Waals surface area contributed by atoms with E-state index < -0.39 is 84.0 Å². The number of benzene rings is 2. The van der Waals surface area contributed by atoms with Crippen molar-refractivity contribution >= 4 is 47.6 Å². The van der Waals surface area contributed by atoms with E-state index in [0.29, 0.717) is 12.0 Å². The molecule has 2 aromatic rings. The summed E-state index contributed by atoms with van der Waals surface area (Å²) in [6.07, 6.45) is 2.70. The fourth-order valence-electron chi connectivity index (χ4n) is 5.82. The molecule has 2 aromatic carbocycles. The van der Waals surface area contributed by atoms with Gasteiger partial charge in [0.2, 0.25) is 29.5 Å². The number of aliphatic carboxylic acids is 2. The lowest BCUT2D eigenvalue weighted by Crippen LogP contribution is -2.55. The van der Waals surface area contributed by atoms with Gasteiger partial charge in [-0.2, -0.15) is 0 Å². The van der Waals surface area contributed by atoms with Crippen LogP contribution in [0.1, 0.15) is 50.2 Å². The lowest BCUT2D eigenvalue weighted by atomic mass is 9.97. The fraction of sp³-hybridized carbons (Fsp3) is 0.400. The van der Waals surface area contributed by atoms with Crippen molar-refractivity contribution in [1.29, 1.82) is 0 Å². The third-order valence-corrected chi connectivity index (χ3v) is 8.63. The first-order valence-corrected chi connectivity index (χ1v) is 16.2. The molecule has 1 unspecified atom stereocenters. The van der Waals surface area contributed by atoms with Crippen molar-refractivity contribution in [2.45, 2.75) is 75.7 Å². The van der Waals surface area contributed by atoms with Crippen molar-refractivity contribution in [3.63, 3.8) is 0 Å². The van der Waals surface area contributed by atoms with Crippen LogP contribution in [0.15, 0.2) is 66.7 Å². The minimum absolute atomic E-state index is 0.0123. The Morgan fingerprint density at radius 2 is 1.43 bits per heavy atom. The third-order valence-electron chi connectivity index (χ3n) is 8.63. The van der Waals surface area contributed by atoms with Gasteiger partial charge in [0.25, 0.3) is 0 Å². The van der Waals surface area contributed by atoms with E-state index in [2.05, 4.69) is 21.3 Å². The second-order valence-corrected chi connectivity index (χ2v) is 12.2. The highest BCUT2D eigenvalue weighted by Crippen LogP contribution is 2.20. The first-order valence-electron chi connectivity index (χ1n) is 16.2. The zero-order chi connectivity index (χ0) is 35.5. The monoisotopic (exact) mass is 675 g/mol. The number of hydrogen-bond acceptors (Lipinski definition) is 7. The van der Waals surface area contributed by atoms with E-state index in [-0.39, 0.29) is 32.2 Å². The maximum Gasteiger partial charge on any atom is 0.326 e. The van der Waals surface area contributed by atoms with Crippen molar-refractivity contribution in [3.05, 3.63) is 77.9 Å². The summed E-state index contributed by atoms with van der Waals surface area (Å²) in [6.45, 7) is 1.71. The van der Waals surface area contributed by atoms with Gasteiger partial charge in [0.05, 0.1) is 18.4 Å². The van der Waals surface area contributed by atoms with Gasteiger partial charge in [0.1, 0.15) is 24.2 Å². The first-order chi connectivity index (χ1) is 23.4. The Morgan fingerprint density at radius 1 is 0.796 bits per heavy atom. The van der Waals surface area contributed by atoms with Crippen molar-refractivity contribution in [2.75, 3.05) is 6.54 Å². The van der Waals surface area contributed by atoms with Crippen molar-refractivity contribution in [3.8, 4) is 0 Å². The SMILES string of the molecule is C[C@@H]1C(=O)NC(C(=O)O)CCC(=O)N2CCC[C@H]2C(=O)N[C@@H](C(=O)O)CC(=O)N[C@@H](Cc2ccccc2)C(=O)N[C@H]1/C=C/c1ccccc1. The van der Waals surface area contributed by atoms with Gasteiger partial charge < -0.3 is 36.4 Å². The highest BCUT2D eigenvalue weighted by Gasteiger charge is 2.38. The first kappa shape index (κ1) is 36.3. The Kier molecular flexibility index (Phi) is 12.6. The predicted octanol–water partition coefficient (Wildman–Crippen LogP) is 0.862. The van der Waals surface area contributed by atoms with Crippen LogP contribution in [0.2, 0.25) is 0 Å². The Morgan fingerprint density at radius 3 is 2.08 bits per heavy atom. The lowest BCUT2D eigenvalue weighted by molar-refractivity contribution is -0.145. The van der Waals surface area contributed by atoms with Crippen LogP contribution in [0, 0.1) is 5.92 Å². The molecule has 2 aliphatic rings. The summed E-state index contributed by atoms with van der Waals surface area (Å²) in [5, 5.41) is 30.0. The second kappa shape index (κ2) is 17.0. The van der Waals surface area contributed by atoms with Crippen LogP contribution < -0.4 is 21.3 Å². The predicted molar refractivity (Wildman–Crippen MR) is 176 cm³/mol. The van der Waals surface area contributed by atoms with Gasteiger partial charge in [-0.15, -0.1) is 0 Å². The molecule has 14 heteroatoms. The van der Waals surface area contributed by atoms with E-state index in [9.17, 15) is 43.8 Å². The zero-order valence-corrected chi connectivity index (χ0v) is 27.0. The summed E-state index contributed by atoms with van der Waals surface area (Å²) in [4.78, 5) is 92.5. The minimum atomic E-state index is -1.66. The number of carboxylic acids is 2. The Bertz CT molecular complexity index is 1570. The van der Waals surface area contributed by atoms with Crippen molar-refractivity contribution in [2.24, 2.45) is 5.92 Å². The molecule has 2 heterocycles. The van der Waals surface area contributed by atoms with Crippen LogP contribution in [0.25, 0.3) is 6.08 Å². The highest BCUT2D eigenvalue weighted by molar-refractivity contribution is 5.94. The van der Waals surface area contributed by atoms with Crippen LogP contribution >= 0.6 is 0 Å². The number of nitrogens with zero attached hydrogens (tertiary/aromatic N) is 1. The van der Waals surface area contributed by atoms with Crippen molar-refractivity contribution < 1.29 is 43.8 Å². The van der Waals surface area contributed by atoms with Gasteiger partial charge in [-0.3, -0.25) is 24.0 Å². The number of carbonyl (C=O) groups is 7. The molecule has 14 nitrogen and oxygen atoms in total. The number of fused-ring (bicyclic) bond motifs is 1. The molecule has 260 valence electrons. The molecular weight excluding hydrogens is 634 g/mol. The second-order valence-electron chi connectivity index (χ2n) is 12.2. The minimum Gasteiger partial charge on any atom is -0.480 e. The Hall–Kier alpha value is -5.53. The average Bonchev–Trinajstić information content (AvgIpc) is 3.58. The molecule has 4 rings (SSSR count). The van der Waals surface area contributed by atoms with Gasteiger partial charge in [0.15, 0.2) is 0 Å². The van der Waals surface area contributed by atoms with Gasteiger partial charge in [-0.25, -0.2) is 9.59 Å². The van der Waals surface area contributed by atoms with Crippen LogP contribution in [-0.4, -0.2) is 93.3 Å². The maximum atomic E-state index is 13.9. The van der Waals surface area contributed by atoms with E-state index in [1.807, 2.05) is 30.3 Å². The van der Waals surface area contributed by atoms with Gasteiger partial charge >= 0.3 is 11.9 Å². The molecule has 5 amide bonds. The molecule has 2 saturated heterocycles. The standard InChI is InChI=1S/C35H41N5O9/c1-21-24(15-14-22-9-4-2-5-10-22)37-32(44)26(19-23-11-6-3-7-12-23)36-29(41)20-27(35(48)49)39-33(45)28-13-8-18-40(28)30(42)17-16-25(34(46)47)38-31(21)43/h2-7,9-12,14-15,21,24-28H,8,13,16-20H2,1H3,(H,36,41)(H,37,44)(H,38,43)(H,39,45)(H,46,47)(H,48,49)/b15-14+/t21-,24-,25?,26-,27+,28-/m0/s1. The third kappa shape index (κ3) is 10.2. The summed E-state index contributed by atoms with van der Waals surface area (Å²) >= 11 is 0. The van der Waals surface area contributed by atoms with Gasteiger partial charge in [0, 0.05) is 19.4 Å². The summed E-state index contributed by atoms with van der Waals surface area (Å²) in [5.74, 6) is -7.39. The molecular formula is C35H41N5O9. The smallest absolute Gasteiger partial charge is 0.326 e. The van der Waals surface area contributed by atoms with E-state index in [1.165, 1.54) is 11.8 Å². The Labute approximate surface area is 283 Å². The summed E-state index contributed by atoms with van der Waals surface area (Å²) < 4.78 is 0. The maximum absolute atomic E-state index is 13.9. The van der Waals surface area contributed by atoms with Crippen LogP contribution in [-0.2, 0) is 40.0 Å². The molecule has 0 aromatic heterocycles. The molecule has 0 bridgehead atoms. The molecule has 6 N–H and O–H groups in total. The number of amides is 5. The normalized spacial score (nSPS) is 26.3. The molecule has 0 radical (unpaired) electrons. The largest absolute Gasteiger partial charge is 0.480 e. The van der Waals surface area contributed by atoms with Gasteiger partial charge in [-0.05, 0) is 30.4 Å². The zero-order valence-electron chi connectivity index (χ0n) is 27.0.